The normalized spacial score (nSPS) is 17.6. The van der Waals surface area contributed by atoms with Crippen molar-refractivity contribution in [1.29, 1.82) is 0 Å². The van der Waals surface area contributed by atoms with Crippen molar-refractivity contribution in [2.45, 2.75) is 63.3 Å². The zero-order valence-electron chi connectivity index (χ0n) is 24.8. The monoisotopic (exact) mass is 614 g/mol. The summed E-state index contributed by atoms with van der Waals surface area (Å²) in [6.07, 6.45) is 1.84. The lowest BCUT2D eigenvalue weighted by Crippen LogP contribution is -2.49. The van der Waals surface area contributed by atoms with Crippen molar-refractivity contribution in [3.63, 3.8) is 0 Å². The van der Waals surface area contributed by atoms with Gasteiger partial charge < -0.3 is 30.5 Å². The molecule has 3 atom stereocenters. The number of hydrogen-bond acceptors (Lipinski definition) is 7. The van der Waals surface area contributed by atoms with Crippen LogP contribution in [0.1, 0.15) is 49.8 Å². The first kappa shape index (κ1) is 32.9. The van der Waals surface area contributed by atoms with Gasteiger partial charge >= 0.3 is 6.09 Å². The molecule has 44 heavy (non-hydrogen) atoms. The lowest BCUT2D eigenvalue weighted by atomic mass is 9.84. The van der Waals surface area contributed by atoms with E-state index in [0.717, 1.165) is 6.20 Å². The second-order valence-corrected chi connectivity index (χ2v) is 11.6. The van der Waals surface area contributed by atoms with Gasteiger partial charge in [0.1, 0.15) is 29.1 Å². The molecule has 1 aliphatic rings. The molecule has 2 amide bonds. The number of carbonyl (C=O) groups is 2. The Kier molecular flexibility index (Phi) is 11.0. The fraction of sp³-hybridized carbons (Fsp3) is 0.406. The van der Waals surface area contributed by atoms with Crippen LogP contribution in [-0.4, -0.2) is 65.6 Å². The molecule has 0 bridgehead atoms. The minimum absolute atomic E-state index is 0.0583. The predicted molar refractivity (Wildman–Crippen MR) is 158 cm³/mol. The van der Waals surface area contributed by atoms with Gasteiger partial charge in [-0.3, -0.25) is 9.78 Å². The number of aromatic nitrogens is 1. The van der Waals surface area contributed by atoms with E-state index in [1.54, 1.807) is 20.8 Å². The highest BCUT2D eigenvalue weighted by atomic mass is 19.1. The largest absolute Gasteiger partial charge is 0.444 e. The second kappa shape index (κ2) is 14.7. The smallest absolute Gasteiger partial charge is 0.408 e. The fourth-order valence-corrected chi connectivity index (χ4v) is 4.96. The van der Waals surface area contributed by atoms with Crippen LogP contribution in [0.15, 0.2) is 60.9 Å². The molecule has 1 aromatic heterocycles. The Labute approximate surface area is 254 Å². The Hall–Kier alpha value is -4.00. The lowest BCUT2D eigenvalue weighted by Gasteiger charge is -2.30. The topological polar surface area (TPSA) is 122 Å². The average Bonchev–Trinajstić information content (AvgIpc) is 2.97. The van der Waals surface area contributed by atoms with E-state index in [0.29, 0.717) is 30.7 Å². The SMILES string of the molecule is CC(C)(C)OC(=O)NC(C(=O)Nc1cncc(F)c1CCC1CNC(CO)CO1)C(c1ccc(F)cc1)c1ccc(F)cc1. The summed E-state index contributed by atoms with van der Waals surface area (Å²) in [5.41, 5.74) is 0.307. The number of anilines is 1. The van der Waals surface area contributed by atoms with Gasteiger partial charge in [0.2, 0.25) is 5.91 Å². The summed E-state index contributed by atoms with van der Waals surface area (Å²) in [6.45, 7) is 5.73. The number of amides is 2. The standard InChI is InChI=1S/C32H37F3N4O5/c1-32(2,3)44-31(42)39-29(28(19-4-8-21(33)9-5-19)20-6-10-22(34)11-7-20)30(41)38-27-16-36-15-26(35)25(27)13-12-24-14-37-23(17-40)18-43-24/h4-11,15-16,23-24,28-29,37,40H,12-14,17-18H2,1-3H3,(H,38,41)(H,39,42). The molecular formula is C32H37F3N4O5. The fourth-order valence-electron chi connectivity index (χ4n) is 4.96. The summed E-state index contributed by atoms with van der Waals surface area (Å²) in [6, 6.07) is 9.21. The molecule has 236 valence electrons. The van der Waals surface area contributed by atoms with Gasteiger partial charge in [0.25, 0.3) is 0 Å². The number of nitrogens with one attached hydrogen (secondary N) is 3. The number of nitrogens with zero attached hydrogens (tertiary/aromatic N) is 1. The number of pyridine rings is 1. The van der Waals surface area contributed by atoms with Crippen LogP contribution in [0.5, 0.6) is 0 Å². The van der Waals surface area contributed by atoms with Crippen LogP contribution in [0.4, 0.5) is 23.7 Å². The van der Waals surface area contributed by atoms with E-state index < -0.39 is 47.0 Å². The number of alkyl carbamates (subject to hydrolysis) is 1. The Bertz CT molecular complexity index is 1360. The van der Waals surface area contributed by atoms with Crippen LogP contribution in [0.2, 0.25) is 0 Å². The molecule has 1 saturated heterocycles. The van der Waals surface area contributed by atoms with Crippen molar-refractivity contribution in [3.05, 3.63) is 95.1 Å². The minimum Gasteiger partial charge on any atom is -0.444 e. The molecule has 1 fully saturated rings. The average molecular weight is 615 g/mol. The number of rotatable bonds is 10. The highest BCUT2D eigenvalue weighted by Crippen LogP contribution is 2.31. The highest BCUT2D eigenvalue weighted by molar-refractivity contribution is 5.98. The molecule has 3 aromatic rings. The van der Waals surface area contributed by atoms with E-state index in [1.165, 1.54) is 54.7 Å². The van der Waals surface area contributed by atoms with E-state index in [1.807, 2.05) is 0 Å². The summed E-state index contributed by atoms with van der Waals surface area (Å²) >= 11 is 0. The maximum Gasteiger partial charge on any atom is 0.408 e. The van der Waals surface area contributed by atoms with E-state index in [4.69, 9.17) is 9.47 Å². The van der Waals surface area contributed by atoms with Crippen LogP contribution < -0.4 is 16.0 Å². The van der Waals surface area contributed by atoms with E-state index >= 15 is 4.39 Å². The van der Waals surface area contributed by atoms with E-state index in [2.05, 4.69) is 20.9 Å². The van der Waals surface area contributed by atoms with Gasteiger partial charge in [-0.25, -0.2) is 18.0 Å². The summed E-state index contributed by atoms with van der Waals surface area (Å²) in [4.78, 5) is 30.9. The third-order valence-electron chi connectivity index (χ3n) is 7.11. The number of hydrogen-bond donors (Lipinski definition) is 4. The van der Waals surface area contributed by atoms with Gasteiger partial charge in [0, 0.05) is 18.0 Å². The van der Waals surface area contributed by atoms with Crippen molar-refractivity contribution < 1.29 is 37.3 Å². The summed E-state index contributed by atoms with van der Waals surface area (Å²) in [5.74, 6) is -3.30. The zero-order valence-corrected chi connectivity index (χ0v) is 24.8. The summed E-state index contributed by atoms with van der Waals surface area (Å²) in [5, 5.41) is 17.8. The molecule has 0 radical (unpaired) electrons. The quantitative estimate of drug-likeness (QED) is 0.266. The van der Waals surface area contributed by atoms with Gasteiger partial charge in [0.15, 0.2) is 0 Å². The molecule has 0 saturated carbocycles. The molecule has 4 N–H and O–H groups in total. The maximum atomic E-state index is 15.1. The number of aliphatic hydroxyl groups is 1. The Morgan fingerprint density at radius 2 is 1.66 bits per heavy atom. The molecule has 2 heterocycles. The number of benzene rings is 2. The van der Waals surface area contributed by atoms with Gasteiger partial charge in [0.05, 0.1) is 43.4 Å². The van der Waals surface area contributed by atoms with Gasteiger partial charge in [-0.2, -0.15) is 0 Å². The molecule has 2 aromatic carbocycles. The first-order chi connectivity index (χ1) is 20.9. The molecule has 9 nitrogen and oxygen atoms in total. The van der Waals surface area contributed by atoms with Crippen molar-refractivity contribution in [3.8, 4) is 0 Å². The number of ether oxygens (including phenoxy) is 2. The number of morpholine rings is 1. The molecule has 1 aliphatic heterocycles. The van der Waals surface area contributed by atoms with Crippen molar-refractivity contribution in [2.24, 2.45) is 0 Å². The molecule has 12 heteroatoms. The Balaban J connectivity index is 1.66. The third kappa shape index (κ3) is 9.01. The minimum atomic E-state index is -1.36. The first-order valence-corrected chi connectivity index (χ1v) is 14.3. The highest BCUT2D eigenvalue weighted by Gasteiger charge is 2.35. The summed E-state index contributed by atoms with van der Waals surface area (Å²) < 4.78 is 54.1. The number of halogens is 3. The van der Waals surface area contributed by atoms with Gasteiger partial charge in [-0.05, 0) is 69.0 Å². The van der Waals surface area contributed by atoms with Gasteiger partial charge in [-0.1, -0.05) is 24.3 Å². The summed E-state index contributed by atoms with van der Waals surface area (Å²) in [7, 11) is 0. The molecular weight excluding hydrogens is 577 g/mol. The van der Waals surface area contributed by atoms with Crippen molar-refractivity contribution in [2.75, 3.05) is 25.1 Å². The van der Waals surface area contributed by atoms with E-state index in [9.17, 15) is 23.5 Å². The van der Waals surface area contributed by atoms with E-state index in [-0.39, 0.29) is 36.4 Å². The second-order valence-electron chi connectivity index (χ2n) is 11.6. The van der Waals surface area contributed by atoms with Crippen LogP contribution in [-0.2, 0) is 20.7 Å². The lowest BCUT2D eigenvalue weighted by molar-refractivity contribution is -0.118. The van der Waals surface area contributed by atoms with Crippen LogP contribution in [0.3, 0.4) is 0 Å². The molecule has 0 aliphatic carbocycles. The van der Waals surface area contributed by atoms with Crippen LogP contribution in [0.25, 0.3) is 0 Å². The maximum absolute atomic E-state index is 15.1. The molecule has 4 rings (SSSR count). The molecule has 3 unspecified atom stereocenters. The number of carbonyl (C=O) groups excluding carboxylic acids is 2. The Morgan fingerprint density at radius 1 is 1.05 bits per heavy atom. The Morgan fingerprint density at radius 3 is 2.18 bits per heavy atom. The van der Waals surface area contributed by atoms with Crippen molar-refractivity contribution >= 4 is 17.7 Å². The molecule has 0 spiro atoms. The first-order valence-electron chi connectivity index (χ1n) is 14.3. The van der Waals surface area contributed by atoms with Crippen molar-refractivity contribution in [1.82, 2.24) is 15.6 Å². The van der Waals surface area contributed by atoms with Crippen LogP contribution in [0, 0.1) is 17.5 Å². The predicted octanol–water partition coefficient (Wildman–Crippen LogP) is 4.44. The zero-order chi connectivity index (χ0) is 31.9. The van der Waals surface area contributed by atoms with Gasteiger partial charge in [-0.15, -0.1) is 0 Å². The number of aliphatic hydroxyl groups excluding tert-OH is 1. The van der Waals surface area contributed by atoms with Crippen LogP contribution >= 0.6 is 0 Å². The third-order valence-corrected chi connectivity index (χ3v) is 7.11.